The monoisotopic (exact) mass is 208 g/mol. The molecule has 2 atom stereocenters. The maximum atomic E-state index is 6.20. The first-order chi connectivity index (χ1) is 7.27. The Hall–Kier alpha value is -0.520. The summed E-state index contributed by atoms with van der Waals surface area (Å²) in [7, 11) is 0. The van der Waals surface area contributed by atoms with Crippen LogP contribution in [0.25, 0.3) is 0 Å². The van der Waals surface area contributed by atoms with Crippen molar-refractivity contribution in [2.45, 2.75) is 45.1 Å². The molecule has 86 valence electrons. The molecule has 1 aliphatic carbocycles. The van der Waals surface area contributed by atoms with E-state index in [2.05, 4.69) is 17.7 Å². The number of hydrogen-bond donors (Lipinski definition) is 1. The molecule has 0 aromatic carbocycles. The topological polar surface area (TPSA) is 29.3 Å². The molecule has 0 spiro atoms. The molecule has 0 bridgehead atoms. The Labute approximate surface area is 94.2 Å². The summed E-state index contributed by atoms with van der Waals surface area (Å²) in [6.07, 6.45) is 11.8. The van der Waals surface area contributed by atoms with Crippen molar-refractivity contribution in [2.24, 2.45) is 11.7 Å². The molecular weight excluding hydrogens is 184 g/mol. The Bertz CT molecular complexity index is 207. The average Bonchev–Trinajstić information content (AvgIpc) is 2.43. The fourth-order valence-electron chi connectivity index (χ4n) is 2.41. The predicted octanol–water partition coefficient (Wildman–Crippen LogP) is 1.85. The first-order valence-corrected chi connectivity index (χ1v) is 6.19. The van der Waals surface area contributed by atoms with Gasteiger partial charge in [0.15, 0.2) is 0 Å². The normalized spacial score (nSPS) is 27.3. The fourth-order valence-corrected chi connectivity index (χ4v) is 2.41. The van der Waals surface area contributed by atoms with Crippen LogP contribution in [0, 0.1) is 18.3 Å². The molecule has 1 rings (SSSR count). The molecular formula is C13H24N2. The van der Waals surface area contributed by atoms with Gasteiger partial charge in [0.25, 0.3) is 0 Å². The van der Waals surface area contributed by atoms with E-state index in [-0.39, 0.29) is 0 Å². The summed E-state index contributed by atoms with van der Waals surface area (Å²) in [6, 6.07) is 0.388. The molecule has 1 saturated carbocycles. The third-order valence-corrected chi connectivity index (χ3v) is 3.47. The maximum Gasteiger partial charge on any atom is 0.0598 e. The summed E-state index contributed by atoms with van der Waals surface area (Å²) >= 11 is 0. The molecule has 0 aromatic rings. The molecule has 0 amide bonds. The van der Waals surface area contributed by atoms with E-state index in [1.165, 1.54) is 32.1 Å². The molecule has 2 heteroatoms. The van der Waals surface area contributed by atoms with Gasteiger partial charge in [-0.2, -0.15) is 0 Å². The molecule has 15 heavy (non-hydrogen) atoms. The van der Waals surface area contributed by atoms with Gasteiger partial charge in [0.1, 0.15) is 0 Å². The lowest BCUT2D eigenvalue weighted by Crippen LogP contribution is -2.39. The molecule has 2 unspecified atom stereocenters. The van der Waals surface area contributed by atoms with Crippen molar-refractivity contribution < 1.29 is 0 Å². The van der Waals surface area contributed by atoms with Crippen LogP contribution in [0.5, 0.6) is 0 Å². The van der Waals surface area contributed by atoms with Crippen molar-refractivity contribution in [1.29, 1.82) is 0 Å². The lowest BCUT2D eigenvalue weighted by atomic mass is 9.95. The van der Waals surface area contributed by atoms with Crippen LogP contribution >= 0.6 is 0 Å². The lowest BCUT2D eigenvalue weighted by molar-refractivity contribution is 0.235. The van der Waals surface area contributed by atoms with Crippen LogP contribution in [0.2, 0.25) is 0 Å². The highest BCUT2D eigenvalue weighted by Gasteiger charge is 2.21. The summed E-state index contributed by atoms with van der Waals surface area (Å²) in [5.74, 6) is 3.38. The molecule has 0 radical (unpaired) electrons. The Balaban J connectivity index is 2.42. The predicted molar refractivity (Wildman–Crippen MR) is 65.5 cm³/mol. The summed E-state index contributed by atoms with van der Waals surface area (Å²) in [5.41, 5.74) is 6.20. The zero-order valence-electron chi connectivity index (χ0n) is 9.91. The van der Waals surface area contributed by atoms with Crippen molar-refractivity contribution in [3.8, 4) is 12.3 Å². The van der Waals surface area contributed by atoms with Gasteiger partial charge in [-0.3, -0.25) is 4.90 Å². The van der Waals surface area contributed by atoms with Crippen LogP contribution in [-0.4, -0.2) is 30.6 Å². The van der Waals surface area contributed by atoms with Gasteiger partial charge >= 0.3 is 0 Å². The molecule has 0 saturated heterocycles. The van der Waals surface area contributed by atoms with Gasteiger partial charge in [0.05, 0.1) is 6.54 Å². The van der Waals surface area contributed by atoms with Gasteiger partial charge in [-0.05, 0) is 25.3 Å². The minimum absolute atomic E-state index is 0.388. The Morgan fingerprint density at radius 3 is 2.73 bits per heavy atom. The standard InChI is InChI=1S/C13H24N2/c1-3-10-15(4-2)11-12-8-6-5-7-9-13(12)14/h1,12-13H,4-11,14H2,2H3. The van der Waals surface area contributed by atoms with E-state index in [1.807, 2.05) is 0 Å². The summed E-state index contributed by atoms with van der Waals surface area (Å²) in [6.45, 7) is 5.05. The van der Waals surface area contributed by atoms with E-state index < -0.39 is 0 Å². The molecule has 0 aliphatic heterocycles. The molecule has 0 aromatic heterocycles. The number of terminal acetylenes is 1. The van der Waals surface area contributed by atoms with E-state index >= 15 is 0 Å². The summed E-state index contributed by atoms with van der Waals surface area (Å²) < 4.78 is 0. The van der Waals surface area contributed by atoms with Gasteiger partial charge < -0.3 is 5.73 Å². The zero-order chi connectivity index (χ0) is 11.1. The number of hydrogen-bond acceptors (Lipinski definition) is 2. The average molecular weight is 208 g/mol. The van der Waals surface area contributed by atoms with Crippen molar-refractivity contribution in [1.82, 2.24) is 4.90 Å². The van der Waals surface area contributed by atoms with Crippen LogP contribution in [0.15, 0.2) is 0 Å². The van der Waals surface area contributed by atoms with E-state index in [4.69, 9.17) is 12.2 Å². The smallest absolute Gasteiger partial charge is 0.0598 e. The van der Waals surface area contributed by atoms with Crippen LogP contribution in [0.1, 0.15) is 39.0 Å². The molecule has 1 aliphatic rings. The van der Waals surface area contributed by atoms with E-state index in [0.717, 1.165) is 19.6 Å². The highest BCUT2D eigenvalue weighted by Crippen LogP contribution is 2.22. The van der Waals surface area contributed by atoms with Crippen LogP contribution in [0.4, 0.5) is 0 Å². The first-order valence-electron chi connectivity index (χ1n) is 6.19. The van der Waals surface area contributed by atoms with Crippen molar-refractivity contribution in [2.75, 3.05) is 19.6 Å². The number of nitrogens with zero attached hydrogens (tertiary/aromatic N) is 1. The third-order valence-electron chi connectivity index (χ3n) is 3.47. The molecule has 1 fully saturated rings. The number of nitrogens with two attached hydrogens (primary N) is 1. The van der Waals surface area contributed by atoms with Gasteiger partial charge in [-0.25, -0.2) is 0 Å². The van der Waals surface area contributed by atoms with Crippen molar-refractivity contribution in [3.05, 3.63) is 0 Å². The van der Waals surface area contributed by atoms with Gasteiger partial charge in [-0.15, -0.1) is 6.42 Å². The number of rotatable bonds is 4. The zero-order valence-corrected chi connectivity index (χ0v) is 9.91. The van der Waals surface area contributed by atoms with E-state index in [9.17, 15) is 0 Å². The molecule has 0 heterocycles. The Kier molecular flexibility index (Phi) is 5.75. The largest absolute Gasteiger partial charge is 0.327 e. The van der Waals surface area contributed by atoms with Gasteiger partial charge in [0.2, 0.25) is 0 Å². The van der Waals surface area contributed by atoms with E-state index in [0.29, 0.717) is 12.0 Å². The minimum Gasteiger partial charge on any atom is -0.327 e. The second-order valence-electron chi connectivity index (χ2n) is 4.59. The van der Waals surface area contributed by atoms with Crippen molar-refractivity contribution in [3.63, 3.8) is 0 Å². The lowest BCUT2D eigenvalue weighted by Gasteiger charge is -2.27. The SMILES string of the molecule is C#CCN(CC)CC1CCCCCC1N. The van der Waals surface area contributed by atoms with Crippen molar-refractivity contribution >= 4 is 0 Å². The van der Waals surface area contributed by atoms with Gasteiger partial charge in [0, 0.05) is 12.6 Å². The first kappa shape index (κ1) is 12.5. The highest BCUT2D eigenvalue weighted by molar-refractivity contribution is 4.89. The second-order valence-corrected chi connectivity index (χ2v) is 4.59. The van der Waals surface area contributed by atoms with Crippen LogP contribution in [-0.2, 0) is 0 Å². The van der Waals surface area contributed by atoms with E-state index in [1.54, 1.807) is 0 Å². The van der Waals surface area contributed by atoms with Gasteiger partial charge in [-0.1, -0.05) is 32.1 Å². The van der Waals surface area contributed by atoms with Crippen LogP contribution < -0.4 is 5.73 Å². The Morgan fingerprint density at radius 1 is 1.33 bits per heavy atom. The third kappa shape index (κ3) is 4.24. The molecule has 2 N–H and O–H groups in total. The minimum atomic E-state index is 0.388. The molecule has 2 nitrogen and oxygen atoms in total. The summed E-state index contributed by atoms with van der Waals surface area (Å²) in [4.78, 5) is 2.33. The highest BCUT2D eigenvalue weighted by atomic mass is 15.1. The quantitative estimate of drug-likeness (QED) is 0.564. The Morgan fingerprint density at radius 2 is 2.07 bits per heavy atom. The second kappa shape index (κ2) is 6.87. The fraction of sp³-hybridized carbons (Fsp3) is 0.846. The summed E-state index contributed by atoms with van der Waals surface area (Å²) in [5, 5.41) is 0. The van der Waals surface area contributed by atoms with Crippen LogP contribution in [0.3, 0.4) is 0 Å². The maximum absolute atomic E-state index is 6.20.